The Kier molecular flexibility index (Phi) is 4.83. The Morgan fingerprint density at radius 1 is 1.27 bits per heavy atom. The summed E-state index contributed by atoms with van der Waals surface area (Å²) in [6.45, 7) is 2.84. The highest BCUT2D eigenvalue weighted by atomic mass is 16.5. The van der Waals surface area contributed by atoms with Crippen molar-refractivity contribution in [2.75, 3.05) is 6.61 Å². The number of ketones is 1. The number of esters is 1. The molecule has 0 aliphatic heterocycles. The molecule has 0 aromatic carbocycles. The third-order valence-electron chi connectivity index (χ3n) is 0.810. The largest absolute Gasteiger partial charge is 0.453 e. The lowest BCUT2D eigenvalue weighted by atomic mass is 10.3. The van der Waals surface area contributed by atoms with Crippen LogP contribution in [-0.2, 0) is 14.3 Å². The molecule has 0 atom stereocenters. The normalized spacial score (nSPS) is 7.82. The van der Waals surface area contributed by atoms with Gasteiger partial charge in [-0.1, -0.05) is 11.8 Å². The molecule has 0 bridgehead atoms. The molecule has 0 rings (SSSR count). The average molecular weight is 154 g/mol. The molecule has 0 unspecified atom stereocenters. The van der Waals surface area contributed by atoms with E-state index >= 15 is 0 Å². The number of ether oxygens (including phenoxy) is 1. The molecule has 0 spiro atoms. The Balaban J connectivity index is 3.41. The van der Waals surface area contributed by atoms with E-state index in [4.69, 9.17) is 0 Å². The zero-order chi connectivity index (χ0) is 8.69. The van der Waals surface area contributed by atoms with Gasteiger partial charge in [-0.05, 0) is 6.92 Å². The molecule has 0 aliphatic carbocycles. The van der Waals surface area contributed by atoms with Gasteiger partial charge in [-0.25, -0.2) is 0 Å². The minimum Gasteiger partial charge on any atom is -0.453 e. The number of carbonyl (C=O) groups is 2. The zero-order valence-electron chi connectivity index (χ0n) is 6.64. The first kappa shape index (κ1) is 9.70. The molecule has 0 fully saturated rings. The summed E-state index contributed by atoms with van der Waals surface area (Å²) in [7, 11) is 0. The molecule has 0 heterocycles. The monoisotopic (exact) mass is 154 g/mol. The number of Topliss-reactive ketones (excluding diaryl/α,β-unsaturated/α-hetero) is 1. The number of rotatable bonds is 2. The van der Waals surface area contributed by atoms with Crippen molar-refractivity contribution in [1.29, 1.82) is 0 Å². The van der Waals surface area contributed by atoms with Crippen LogP contribution in [0.5, 0.6) is 0 Å². The van der Waals surface area contributed by atoms with Gasteiger partial charge in [0.1, 0.15) is 5.78 Å². The van der Waals surface area contributed by atoms with Crippen LogP contribution in [0.4, 0.5) is 0 Å². The van der Waals surface area contributed by atoms with Crippen LogP contribution >= 0.6 is 0 Å². The molecule has 0 amide bonds. The second-order valence-corrected chi connectivity index (χ2v) is 2.01. The van der Waals surface area contributed by atoms with Crippen LogP contribution in [0.1, 0.15) is 20.3 Å². The van der Waals surface area contributed by atoms with Crippen molar-refractivity contribution >= 4 is 11.8 Å². The summed E-state index contributed by atoms with van der Waals surface area (Å²) in [6.07, 6.45) is 0.223. The summed E-state index contributed by atoms with van der Waals surface area (Å²) in [5.41, 5.74) is 0. The van der Waals surface area contributed by atoms with Crippen LogP contribution in [-0.4, -0.2) is 18.4 Å². The van der Waals surface area contributed by atoms with Crippen molar-refractivity contribution in [3.05, 3.63) is 0 Å². The summed E-state index contributed by atoms with van der Waals surface area (Å²) in [4.78, 5) is 20.5. The minimum absolute atomic E-state index is 0.0142. The smallest absolute Gasteiger partial charge is 0.303 e. The molecular formula is C8H10O3. The molecule has 3 nitrogen and oxygen atoms in total. The van der Waals surface area contributed by atoms with Crippen LogP contribution in [0.2, 0.25) is 0 Å². The van der Waals surface area contributed by atoms with Gasteiger partial charge in [-0.2, -0.15) is 0 Å². The molecule has 0 aliphatic rings. The van der Waals surface area contributed by atoms with Crippen molar-refractivity contribution in [1.82, 2.24) is 0 Å². The van der Waals surface area contributed by atoms with E-state index in [0.29, 0.717) is 0 Å². The SMILES string of the molecule is CC(=O)CC#CCOC(C)=O. The van der Waals surface area contributed by atoms with Crippen molar-refractivity contribution in [2.45, 2.75) is 20.3 Å². The Morgan fingerprint density at radius 2 is 1.91 bits per heavy atom. The van der Waals surface area contributed by atoms with Gasteiger partial charge in [0.25, 0.3) is 0 Å². The average Bonchev–Trinajstić information content (AvgIpc) is 1.85. The number of hydrogen-bond donors (Lipinski definition) is 0. The minimum atomic E-state index is -0.359. The molecule has 60 valence electrons. The standard InChI is InChI=1S/C8H10O3/c1-7(9)5-3-4-6-11-8(2)10/h5-6H2,1-2H3. The Morgan fingerprint density at radius 3 is 2.36 bits per heavy atom. The summed E-state index contributed by atoms with van der Waals surface area (Å²) in [6, 6.07) is 0. The molecule has 0 radical (unpaired) electrons. The molecule has 0 aromatic heterocycles. The van der Waals surface area contributed by atoms with Gasteiger partial charge in [0.05, 0.1) is 6.42 Å². The highest BCUT2D eigenvalue weighted by Gasteiger charge is 1.87. The first-order valence-corrected chi connectivity index (χ1v) is 3.21. The van der Waals surface area contributed by atoms with Gasteiger partial charge < -0.3 is 4.74 Å². The van der Waals surface area contributed by atoms with E-state index in [0.717, 1.165) is 0 Å². The molecular weight excluding hydrogens is 144 g/mol. The van der Waals surface area contributed by atoms with E-state index in [1.54, 1.807) is 0 Å². The van der Waals surface area contributed by atoms with Crippen LogP contribution < -0.4 is 0 Å². The topological polar surface area (TPSA) is 43.4 Å². The van der Waals surface area contributed by atoms with Gasteiger partial charge in [0.2, 0.25) is 0 Å². The fraction of sp³-hybridized carbons (Fsp3) is 0.500. The van der Waals surface area contributed by atoms with Crippen molar-refractivity contribution in [3.8, 4) is 11.8 Å². The first-order chi connectivity index (χ1) is 5.13. The quantitative estimate of drug-likeness (QED) is 0.430. The van der Waals surface area contributed by atoms with Gasteiger partial charge in [-0.3, -0.25) is 9.59 Å². The Bertz CT molecular complexity index is 207. The Hall–Kier alpha value is -1.30. The molecule has 0 saturated heterocycles. The van der Waals surface area contributed by atoms with Crippen molar-refractivity contribution in [3.63, 3.8) is 0 Å². The summed E-state index contributed by atoms with van der Waals surface area (Å²) < 4.78 is 4.50. The van der Waals surface area contributed by atoms with Crippen LogP contribution in [0.25, 0.3) is 0 Å². The lowest BCUT2D eigenvalue weighted by molar-refractivity contribution is -0.139. The lowest BCUT2D eigenvalue weighted by Crippen LogP contribution is -1.97. The van der Waals surface area contributed by atoms with E-state index in [1.807, 2.05) is 0 Å². The second kappa shape index (κ2) is 5.48. The van der Waals surface area contributed by atoms with Gasteiger partial charge in [-0.15, -0.1) is 0 Å². The lowest BCUT2D eigenvalue weighted by Gasteiger charge is -1.90. The van der Waals surface area contributed by atoms with Gasteiger partial charge in [0.15, 0.2) is 6.61 Å². The first-order valence-electron chi connectivity index (χ1n) is 3.21. The maximum absolute atomic E-state index is 10.3. The molecule has 3 heteroatoms. The van der Waals surface area contributed by atoms with Crippen LogP contribution in [0.15, 0.2) is 0 Å². The number of carbonyl (C=O) groups excluding carboxylic acids is 2. The van der Waals surface area contributed by atoms with E-state index < -0.39 is 0 Å². The van der Waals surface area contributed by atoms with Gasteiger partial charge >= 0.3 is 5.97 Å². The van der Waals surface area contributed by atoms with E-state index in [-0.39, 0.29) is 24.8 Å². The maximum atomic E-state index is 10.3. The third-order valence-corrected chi connectivity index (χ3v) is 0.810. The van der Waals surface area contributed by atoms with E-state index in [9.17, 15) is 9.59 Å². The second-order valence-electron chi connectivity index (χ2n) is 2.01. The van der Waals surface area contributed by atoms with E-state index in [1.165, 1.54) is 13.8 Å². The predicted octanol–water partition coefficient (Wildman–Crippen LogP) is 0.532. The molecule has 0 aromatic rings. The summed E-state index contributed by atoms with van der Waals surface area (Å²) >= 11 is 0. The summed E-state index contributed by atoms with van der Waals surface area (Å²) in [5, 5.41) is 0. The number of hydrogen-bond acceptors (Lipinski definition) is 3. The van der Waals surface area contributed by atoms with Crippen molar-refractivity contribution < 1.29 is 14.3 Å². The fourth-order valence-electron chi connectivity index (χ4n) is 0.376. The van der Waals surface area contributed by atoms with E-state index in [2.05, 4.69) is 16.6 Å². The molecule has 0 saturated carbocycles. The predicted molar refractivity (Wildman–Crippen MR) is 39.7 cm³/mol. The summed E-state index contributed by atoms with van der Waals surface area (Å²) in [5.74, 6) is 4.75. The highest BCUT2D eigenvalue weighted by Crippen LogP contribution is 1.77. The fourth-order valence-corrected chi connectivity index (χ4v) is 0.376. The third kappa shape index (κ3) is 8.70. The van der Waals surface area contributed by atoms with Crippen molar-refractivity contribution in [2.24, 2.45) is 0 Å². The van der Waals surface area contributed by atoms with Crippen LogP contribution in [0, 0.1) is 11.8 Å². The molecule has 11 heavy (non-hydrogen) atoms. The Labute approximate surface area is 65.7 Å². The zero-order valence-corrected chi connectivity index (χ0v) is 6.64. The molecule has 0 N–H and O–H groups in total. The van der Waals surface area contributed by atoms with Gasteiger partial charge in [0, 0.05) is 6.92 Å². The highest BCUT2D eigenvalue weighted by molar-refractivity contribution is 5.78. The maximum Gasteiger partial charge on any atom is 0.303 e. The van der Waals surface area contributed by atoms with Crippen LogP contribution in [0.3, 0.4) is 0 Å².